The lowest BCUT2D eigenvalue weighted by atomic mass is 10.1. The van der Waals surface area contributed by atoms with Crippen molar-refractivity contribution in [2.24, 2.45) is 0 Å². The lowest BCUT2D eigenvalue weighted by molar-refractivity contribution is -0.141. The summed E-state index contributed by atoms with van der Waals surface area (Å²) in [5.74, 6) is -0.901. The van der Waals surface area contributed by atoms with E-state index in [1.165, 1.54) is 24.2 Å². The van der Waals surface area contributed by atoms with Gasteiger partial charge in [-0.3, -0.25) is 4.90 Å². The molecule has 0 saturated carbocycles. The highest BCUT2D eigenvalue weighted by Crippen LogP contribution is 2.17. The van der Waals surface area contributed by atoms with Gasteiger partial charge in [0.05, 0.1) is 0 Å². The molecule has 6 nitrogen and oxygen atoms in total. The van der Waals surface area contributed by atoms with Crippen molar-refractivity contribution in [3.63, 3.8) is 0 Å². The summed E-state index contributed by atoms with van der Waals surface area (Å²) in [5.41, 5.74) is 0. The fourth-order valence-corrected chi connectivity index (χ4v) is 3.09. The molecule has 114 valence electrons. The largest absolute Gasteiger partial charge is 0.480 e. The average molecular weight is 283 g/mol. The van der Waals surface area contributed by atoms with Gasteiger partial charge in [0.25, 0.3) is 0 Å². The van der Waals surface area contributed by atoms with Crippen LogP contribution in [-0.4, -0.2) is 65.2 Å². The first kappa shape index (κ1) is 15.1. The minimum Gasteiger partial charge on any atom is -0.480 e. The zero-order chi connectivity index (χ0) is 14.5. The summed E-state index contributed by atoms with van der Waals surface area (Å²) in [7, 11) is 0. The van der Waals surface area contributed by atoms with Crippen LogP contribution in [-0.2, 0) is 4.79 Å². The Kier molecular flexibility index (Phi) is 5.23. The molecule has 6 heteroatoms. The van der Waals surface area contributed by atoms with E-state index in [-0.39, 0.29) is 6.03 Å². The van der Waals surface area contributed by atoms with E-state index in [0.29, 0.717) is 25.6 Å². The molecule has 2 fully saturated rings. The summed E-state index contributed by atoms with van der Waals surface area (Å²) in [6, 6.07) is -0.579. The summed E-state index contributed by atoms with van der Waals surface area (Å²) in [4.78, 5) is 27.0. The lowest BCUT2D eigenvalue weighted by Gasteiger charge is -2.33. The third kappa shape index (κ3) is 3.62. The van der Waals surface area contributed by atoms with Crippen molar-refractivity contribution in [2.45, 2.75) is 51.1 Å². The normalized spacial score (nSPS) is 25.4. The predicted octanol–water partition coefficient (Wildman–Crippen LogP) is 1.12. The predicted molar refractivity (Wildman–Crippen MR) is 75.6 cm³/mol. The van der Waals surface area contributed by atoms with E-state index >= 15 is 0 Å². The zero-order valence-electron chi connectivity index (χ0n) is 12.2. The maximum Gasteiger partial charge on any atom is 0.326 e. The topological polar surface area (TPSA) is 72.9 Å². The van der Waals surface area contributed by atoms with Crippen LogP contribution in [0, 0.1) is 0 Å². The molecule has 2 saturated heterocycles. The van der Waals surface area contributed by atoms with Gasteiger partial charge in [-0.1, -0.05) is 6.42 Å². The molecule has 2 aliphatic rings. The molecule has 2 amide bonds. The lowest BCUT2D eigenvalue weighted by Crippen LogP contribution is -2.50. The zero-order valence-corrected chi connectivity index (χ0v) is 12.2. The molecular formula is C14H25N3O3. The summed E-state index contributed by atoms with van der Waals surface area (Å²) >= 11 is 0. The molecule has 2 N–H and O–H groups in total. The molecule has 2 aliphatic heterocycles. The molecule has 0 radical (unpaired) electrons. The third-order valence-corrected chi connectivity index (χ3v) is 4.36. The Bertz CT molecular complexity index is 356. The second kappa shape index (κ2) is 6.92. The second-order valence-electron chi connectivity index (χ2n) is 5.82. The molecule has 2 rings (SSSR count). The van der Waals surface area contributed by atoms with Gasteiger partial charge in [0.2, 0.25) is 0 Å². The highest BCUT2D eigenvalue weighted by molar-refractivity contribution is 5.83. The number of nitrogens with zero attached hydrogens (tertiary/aromatic N) is 2. The van der Waals surface area contributed by atoms with Gasteiger partial charge in [0.15, 0.2) is 0 Å². The Labute approximate surface area is 120 Å². The minimum atomic E-state index is -0.901. The molecule has 0 aliphatic carbocycles. The molecule has 0 spiro atoms. The quantitative estimate of drug-likeness (QED) is 0.811. The number of hydrogen-bond acceptors (Lipinski definition) is 3. The van der Waals surface area contributed by atoms with E-state index in [0.717, 1.165) is 19.5 Å². The van der Waals surface area contributed by atoms with Crippen molar-refractivity contribution in [2.75, 3.05) is 26.2 Å². The number of carboxylic acids is 1. The molecule has 0 bridgehead atoms. The van der Waals surface area contributed by atoms with E-state index in [2.05, 4.69) is 17.1 Å². The number of nitrogens with one attached hydrogen (secondary N) is 1. The SMILES string of the molecule is CC(CNC(=O)N1CCC[C@H]1C(=O)O)N1CCCCC1. The minimum absolute atomic E-state index is 0.237. The molecule has 2 atom stereocenters. The second-order valence-corrected chi connectivity index (χ2v) is 5.82. The molecule has 0 aromatic carbocycles. The highest BCUT2D eigenvalue weighted by Gasteiger charge is 2.34. The summed E-state index contributed by atoms with van der Waals surface area (Å²) in [5, 5.41) is 12.0. The van der Waals surface area contributed by atoms with Gasteiger partial charge in [-0.15, -0.1) is 0 Å². The number of carboxylic acid groups (broad SMARTS) is 1. The average Bonchev–Trinajstić information content (AvgIpc) is 2.95. The fraction of sp³-hybridized carbons (Fsp3) is 0.857. The van der Waals surface area contributed by atoms with Crippen LogP contribution < -0.4 is 5.32 Å². The molecule has 0 aromatic heterocycles. The van der Waals surface area contributed by atoms with Gasteiger partial charge in [0.1, 0.15) is 6.04 Å². The van der Waals surface area contributed by atoms with Crippen LogP contribution in [0.1, 0.15) is 39.0 Å². The number of aliphatic carboxylic acids is 1. The third-order valence-electron chi connectivity index (χ3n) is 4.36. The standard InChI is InChI=1S/C14H25N3O3/c1-11(16-7-3-2-4-8-16)10-15-14(20)17-9-5-6-12(17)13(18)19/h11-12H,2-10H2,1H3,(H,15,20)(H,18,19)/t11?,12-/m0/s1. The van der Waals surface area contributed by atoms with E-state index < -0.39 is 12.0 Å². The monoisotopic (exact) mass is 283 g/mol. The number of piperidine rings is 1. The summed E-state index contributed by atoms with van der Waals surface area (Å²) < 4.78 is 0. The number of likely N-dealkylation sites (tertiary alicyclic amines) is 2. The highest BCUT2D eigenvalue weighted by atomic mass is 16.4. The van der Waals surface area contributed by atoms with Crippen molar-refractivity contribution in [1.82, 2.24) is 15.1 Å². The van der Waals surface area contributed by atoms with Gasteiger partial charge in [-0.25, -0.2) is 9.59 Å². The molecule has 2 heterocycles. The van der Waals surface area contributed by atoms with E-state index in [1.807, 2.05) is 0 Å². The summed E-state index contributed by atoms with van der Waals surface area (Å²) in [6.45, 7) is 5.43. The van der Waals surface area contributed by atoms with Crippen molar-refractivity contribution < 1.29 is 14.7 Å². The Balaban J connectivity index is 1.78. The van der Waals surface area contributed by atoms with Gasteiger partial charge in [-0.05, 0) is 45.7 Å². The van der Waals surface area contributed by atoms with Crippen LogP contribution in [0.3, 0.4) is 0 Å². The van der Waals surface area contributed by atoms with Crippen molar-refractivity contribution >= 4 is 12.0 Å². The summed E-state index contributed by atoms with van der Waals surface area (Å²) in [6.07, 6.45) is 5.08. The first-order chi connectivity index (χ1) is 9.59. The van der Waals surface area contributed by atoms with Crippen LogP contribution in [0.25, 0.3) is 0 Å². The number of carbonyl (C=O) groups excluding carboxylic acids is 1. The maximum absolute atomic E-state index is 12.1. The first-order valence-electron chi connectivity index (χ1n) is 7.61. The van der Waals surface area contributed by atoms with Gasteiger partial charge in [0, 0.05) is 19.1 Å². The van der Waals surface area contributed by atoms with Crippen LogP contribution in [0.2, 0.25) is 0 Å². The fourth-order valence-electron chi connectivity index (χ4n) is 3.09. The van der Waals surface area contributed by atoms with Crippen LogP contribution in [0.15, 0.2) is 0 Å². The molecule has 20 heavy (non-hydrogen) atoms. The van der Waals surface area contributed by atoms with Crippen LogP contribution in [0.4, 0.5) is 4.79 Å². The van der Waals surface area contributed by atoms with Crippen molar-refractivity contribution in [1.29, 1.82) is 0 Å². The Morgan fingerprint density at radius 3 is 2.55 bits per heavy atom. The maximum atomic E-state index is 12.1. The Morgan fingerprint density at radius 2 is 1.90 bits per heavy atom. The van der Waals surface area contributed by atoms with Gasteiger partial charge in [-0.2, -0.15) is 0 Å². The smallest absolute Gasteiger partial charge is 0.326 e. The number of hydrogen-bond donors (Lipinski definition) is 2. The molecular weight excluding hydrogens is 258 g/mol. The molecule has 0 aromatic rings. The Morgan fingerprint density at radius 1 is 1.20 bits per heavy atom. The molecule has 1 unspecified atom stereocenters. The van der Waals surface area contributed by atoms with E-state index in [1.54, 1.807) is 0 Å². The first-order valence-corrected chi connectivity index (χ1v) is 7.61. The number of rotatable bonds is 4. The van der Waals surface area contributed by atoms with E-state index in [9.17, 15) is 9.59 Å². The number of amides is 2. The van der Waals surface area contributed by atoms with Crippen LogP contribution >= 0.6 is 0 Å². The van der Waals surface area contributed by atoms with Crippen LogP contribution in [0.5, 0.6) is 0 Å². The van der Waals surface area contributed by atoms with Crippen molar-refractivity contribution in [3.05, 3.63) is 0 Å². The van der Waals surface area contributed by atoms with E-state index in [4.69, 9.17) is 5.11 Å². The Hall–Kier alpha value is -1.30. The van der Waals surface area contributed by atoms with Gasteiger partial charge >= 0.3 is 12.0 Å². The number of carbonyl (C=O) groups is 2. The number of urea groups is 1. The van der Waals surface area contributed by atoms with Gasteiger partial charge < -0.3 is 15.3 Å². The van der Waals surface area contributed by atoms with Crippen molar-refractivity contribution in [3.8, 4) is 0 Å².